The lowest BCUT2D eigenvalue weighted by molar-refractivity contribution is -0.259. The van der Waals surface area contributed by atoms with Gasteiger partial charge in [0.1, 0.15) is 0 Å². The molecule has 3 heteroatoms. The van der Waals surface area contributed by atoms with E-state index in [1.165, 1.54) is 6.08 Å². The van der Waals surface area contributed by atoms with Gasteiger partial charge in [0.25, 0.3) is 0 Å². The molecule has 0 bridgehead atoms. The Hall–Kier alpha value is -0.670. The average molecular weight is 198 g/mol. The van der Waals surface area contributed by atoms with Crippen LogP contribution in [-0.4, -0.2) is 24.8 Å². The van der Waals surface area contributed by atoms with E-state index in [0.29, 0.717) is 6.42 Å². The Morgan fingerprint density at radius 3 is 2.71 bits per heavy atom. The van der Waals surface area contributed by atoms with Gasteiger partial charge in [0.05, 0.1) is 13.2 Å². The molecule has 1 aliphatic rings. The van der Waals surface area contributed by atoms with E-state index in [0.717, 1.165) is 32.5 Å². The quantitative estimate of drug-likeness (QED) is 0.634. The van der Waals surface area contributed by atoms with Crippen LogP contribution in [0.4, 0.5) is 0 Å². The van der Waals surface area contributed by atoms with Crippen molar-refractivity contribution in [3.8, 4) is 0 Å². The summed E-state index contributed by atoms with van der Waals surface area (Å²) in [7, 11) is 0. The molecule has 0 atom stereocenters. The summed E-state index contributed by atoms with van der Waals surface area (Å²) in [6.07, 6.45) is 4.42. The molecule has 0 aromatic carbocycles. The highest BCUT2D eigenvalue weighted by Crippen LogP contribution is 2.24. The van der Waals surface area contributed by atoms with E-state index >= 15 is 0 Å². The lowest BCUT2D eigenvalue weighted by Gasteiger charge is -2.33. The number of hydrogen-bond donors (Lipinski definition) is 0. The molecule has 1 heterocycles. The predicted molar refractivity (Wildman–Crippen MR) is 54.0 cm³/mol. The summed E-state index contributed by atoms with van der Waals surface area (Å²) in [6.45, 7) is 6.88. The lowest BCUT2D eigenvalue weighted by atomic mass is 10.1. The zero-order chi connectivity index (χ0) is 10.4. The van der Waals surface area contributed by atoms with E-state index in [2.05, 4.69) is 6.58 Å². The topological polar surface area (TPSA) is 35.5 Å². The molecule has 0 radical (unpaired) electrons. The molecule has 0 aliphatic carbocycles. The average Bonchev–Trinajstić information content (AvgIpc) is 2.18. The van der Waals surface area contributed by atoms with Gasteiger partial charge in [-0.15, -0.1) is 0 Å². The van der Waals surface area contributed by atoms with Crippen molar-refractivity contribution in [3.05, 3.63) is 12.7 Å². The van der Waals surface area contributed by atoms with Crippen LogP contribution in [0.1, 0.15) is 32.6 Å². The first-order chi connectivity index (χ1) is 6.66. The van der Waals surface area contributed by atoms with Gasteiger partial charge in [-0.1, -0.05) is 6.58 Å². The molecule has 0 amide bonds. The molecule has 0 N–H and O–H groups in total. The molecule has 0 unspecified atom stereocenters. The van der Waals surface area contributed by atoms with Gasteiger partial charge >= 0.3 is 0 Å². The highest BCUT2D eigenvalue weighted by Gasteiger charge is 2.28. The Labute approximate surface area is 85.1 Å². The van der Waals surface area contributed by atoms with Crippen LogP contribution in [0.3, 0.4) is 0 Å². The summed E-state index contributed by atoms with van der Waals surface area (Å²) >= 11 is 0. The van der Waals surface area contributed by atoms with Crippen molar-refractivity contribution in [2.24, 2.45) is 0 Å². The van der Waals surface area contributed by atoms with Crippen LogP contribution >= 0.6 is 0 Å². The van der Waals surface area contributed by atoms with Gasteiger partial charge in [-0.2, -0.15) is 0 Å². The maximum Gasteiger partial charge on any atom is 0.165 e. The number of carbonyl (C=O) groups is 1. The van der Waals surface area contributed by atoms with Crippen LogP contribution < -0.4 is 0 Å². The fourth-order valence-corrected chi connectivity index (χ4v) is 1.51. The van der Waals surface area contributed by atoms with E-state index < -0.39 is 5.79 Å². The van der Waals surface area contributed by atoms with Gasteiger partial charge in [-0.3, -0.25) is 4.79 Å². The minimum atomic E-state index is -0.473. The third kappa shape index (κ3) is 3.60. The summed E-state index contributed by atoms with van der Waals surface area (Å²) in [4.78, 5) is 11.0. The summed E-state index contributed by atoms with van der Waals surface area (Å²) < 4.78 is 11.0. The molecule has 14 heavy (non-hydrogen) atoms. The lowest BCUT2D eigenvalue weighted by Crippen LogP contribution is -2.37. The van der Waals surface area contributed by atoms with Gasteiger partial charge < -0.3 is 9.47 Å². The fraction of sp³-hybridized carbons (Fsp3) is 0.727. The Balaban J connectivity index is 2.21. The fourth-order valence-electron chi connectivity index (χ4n) is 1.51. The Morgan fingerprint density at radius 2 is 2.14 bits per heavy atom. The largest absolute Gasteiger partial charge is 0.350 e. The second-order valence-electron chi connectivity index (χ2n) is 3.71. The molecule has 1 fully saturated rings. The third-order valence-electron chi connectivity index (χ3n) is 2.39. The number of rotatable bonds is 5. The molecule has 0 spiro atoms. The summed E-state index contributed by atoms with van der Waals surface area (Å²) in [5.41, 5.74) is 0. The standard InChI is InChI=1S/C11H18O3/c1-3-10(12)6-4-7-11(2)13-8-5-9-14-11/h3H,1,4-9H2,2H3. The third-order valence-corrected chi connectivity index (χ3v) is 2.39. The number of hydrogen-bond acceptors (Lipinski definition) is 3. The summed E-state index contributed by atoms with van der Waals surface area (Å²) in [6, 6.07) is 0. The summed E-state index contributed by atoms with van der Waals surface area (Å²) in [5, 5.41) is 0. The molecular weight excluding hydrogens is 180 g/mol. The van der Waals surface area contributed by atoms with Crippen LogP contribution in [-0.2, 0) is 14.3 Å². The van der Waals surface area contributed by atoms with Crippen molar-refractivity contribution < 1.29 is 14.3 Å². The van der Waals surface area contributed by atoms with Gasteiger partial charge in [0.15, 0.2) is 11.6 Å². The molecular formula is C11H18O3. The number of ketones is 1. The van der Waals surface area contributed by atoms with Crippen molar-refractivity contribution >= 4 is 5.78 Å². The Kier molecular flexibility index (Phi) is 4.29. The number of allylic oxidation sites excluding steroid dienone is 1. The highest BCUT2D eigenvalue weighted by molar-refractivity contribution is 5.88. The first-order valence-electron chi connectivity index (χ1n) is 5.09. The molecule has 3 nitrogen and oxygen atoms in total. The van der Waals surface area contributed by atoms with Crippen molar-refractivity contribution in [3.63, 3.8) is 0 Å². The van der Waals surface area contributed by atoms with E-state index in [-0.39, 0.29) is 5.78 Å². The van der Waals surface area contributed by atoms with E-state index in [4.69, 9.17) is 9.47 Å². The second kappa shape index (κ2) is 5.27. The van der Waals surface area contributed by atoms with Crippen LogP contribution in [0.25, 0.3) is 0 Å². The van der Waals surface area contributed by atoms with Crippen molar-refractivity contribution in [1.82, 2.24) is 0 Å². The molecule has 1 rings (SSSR count). The second-order valence-corrected chi connectivity index (χ2v) is 3.71. The predicted octanol–water partition coefficient (Wildman–Crippen LogP) is 2.06. The smallest absolute Gasteiger partial charge is 0.165 e. The molecule has 0 saturated carbocycles. The first kappa shape index (κ1) is 11.4. The van der Waals surface area contributed by atoms with E-state index in [1.54, 1.807) is 0 Å². The Morgan fingerprint density at radius 1 is 1.50 bits per heavy atom. The molecule has 80 valence electrons. The molecule has 0 aromatic heterocycles. The SMILES string of the molecule is C=CC(=O)CCCC1(C)OCCCO1. The first-order valence-corrected chi connectivity index (χ1v) is 5.09. The Bertz CT molecular complexity index is 205. The molecule has 1 aliphatic heterocycles. The molecule has 1 saturated heterocycles. The zero-order valence-corrected chi connectivity index (χ0v) is 8.75. The van der Waals surface area contributed by atoms with Crippen molar-refractivity contribution in [2.45, 2.75) is 38.4 Å². The van der Waals surface area contributed by atoms with Gasteiger partial charge in [-0.25, -0.2) is 0 Å². The minimum absolute atomic E-state index is 0.0874. The van der Waals surface area contributed by atoms with Crippen LogP contribution in [0.2, 0.25) is 0 Å². The minimum Gasteiger partial charge on any atom is -0.350 e. The molecule has 0 aromatic rings. The van der Waals surface area contributed by atoms with Crippen molar-refractivity contribution in [1.29, 1.82) is 0 Å². The van der Waals surface area contributed by atoms with Gasteiger partial charge in [-0.05, 0) is 25.8 Å². The van der Waals surface area contributed by atoms with Gasteiger partial charge in [0, 0.05) is 12.8 Å². The van der Waals surface area contributed by atoms with Crippen LogP contribution in [0.5, 0.6) is 0 Å². The normalized spacial score (nSPS) is 20.4. The van der Waals surface area contributed by atoms with Gasteiger partial charge in [0.2, 0.25) is 0 Å². The van der Waals surface area contributed by atoms with E-state index in [9.17, 15) is 4.79 Å². The highest BCUT2D eigenvalue weighted by atomic mass is 16.7. The number of ether oxygens (including phenoxy) is 2. The maximum absolute atomic E-state index is 11.0. The van der Waals surface area contributed by atoms with Crippen molar-refractivity contribution in [2.75, 3.05) is 13.2 Å². The maximum atomic E-state index is 11.0. The van der Waals surface area contributed by atoms with Crippen LogP contribution in [0.15, 0.2) is 12.7 Å². The summed E-state index contributed by atoms with van der Waals surface area (Å²) in [5.74, 6) is -0.385. The monoisotopic (exact) mass is 198 g/mol. The zero-order valence-electron chi connectivity index (χ0n) is 8.75. The van der Waals surface area contributed by atoms with Crippen LogP contribution in [0, 0.1) is 0 Å². The number of carbonyl (C=O) groups excluding carboxylic acids is 1. The van der Waals surface area contributed by atoms with E-state index in [1.807, 2.05) is 6.92 Å².